The molecule has 5 nitrogen and oxygen atoms in total. The van der Waals surface area contributed by atoms with E-state index < -0.39 is 17.9 Å². The average molecular weight is 285 g/mol. The molecule has 19 heavy (non-hydrogen) atoms. The van der Waals surface area contributed by atoms with Crippen molar-refractivity contribution in [3.05, 3.63) is 28.8 Å². The van der Waals surface area contributed by atoms with Crippen molar-refractivity contribution in [1.82, 2.24) is 5.32 Å². The minimum absolute atomic E-state index is 0.100. The Balaban J connectivity index is 2.94. The van der Waals surface area contributed by atoms with Gasteiger partial charge in [-0.3, -0.25) is 4.79 Å². The molecule has 0 fully saturated rings. The summed E-state index contributed by atoms with van der Waals surface area (Å²) in [5, 5.41) is 3.00. The number of benzene rings is 1. The van der Waals surface area contributed by atoms with E-state index in [1.807, 2.05) is 13.8 Å². The van der Waals surface area contributed by atoms with Gasteiger partial charge in [0.2, 0.25) is 0 Å². The van der Waals surface area contributed by atoms with E-state index in [-0.39, 0.29) is 11.5 Å². The van der Waals surface area contributed by atoms with Crippen LogP contribution in [0, 0.1) is 5.92 Å². The molecule has 1 amide bonds. The van der Waals surface area contributed by atoms with Crippen molar-refractivity contribution in [2.75, 3.05) is 12.8 Å². The summed E-state index contributed by atoms with van der Waals surface area (Å²) in [6, 6.07) is 3.87. The van der Waals surface area contributed by atoms with Crippen LogP contribution in [0.1, 0.15) is 24.2 Å². The number of anilines is 1. The smallest absolute Gasteiger partial charge is 0.328 e. The first kappa shape index (κ1) is 15.3. The van der Waals surface area contributed by atoms with Gasteiger partial charge in [0.1, 0.15) is 6.04 Å². The zero-order valence-corrected chi connectivity index (χ0v) is 11.8. The quantitative estimate of drug-likeness (QED) is 0.653. The number of halogens is 1. The topological polar surface area (TPSA) is 81.4 Å². The van der Waals surface area contributed by atoms with Crippen LogP contribution in [-0.4, -0.2) is 25.0 Å². The van der Waals surface area contributed by atoms with Gasteiger partial charge in [0, 0.05) is 10.7 Å². The fraction of sp³-hybridized carbons (Fsp3) is 0.385. The molecule has 0 heterocycles. The van der Waals surface area contributed by atoms with E-state index in [9.17, 15) is 9.59 Å². The van der Waals surface area contributed by atoms with E-state index in [2.05, 4.69) is 10.1 Å². The number of carbonyl (C=O) groups excluding carboxylic acids is 2. The van der Waals surface area contributed by atoms with Crippen LogP contribution in [0.2, 0.25) is 5.02 Å². The van der Waals surface area contributed by atoms with Crippen LogP contribution in [-0.2, 0) is 9.53 Å². The Hall–Kier alpha value is -1.75. The predicted octanol–water partition coefficient (Wildman–Crippen LogP) is 1.85. The third kappa shape index (κ3) is 3.86. The average Bonchev–Trinajstić information content (AvgIpc) is 2.37. The largest absolute Gasteiger partial charge is 0.467 e. The zero-order chi connectivity index (χ0) is 14.6. The summed E-state index contributed by atoms with van der Waals surface area (Å²) >= 11 is 5.82. The summed E-state index contributed by atoms with van der Waals surface area (Å²) < 4.78 is 4.65. The van der Waals surface area contributed by atoms with E-state index in [0.717, 1.165) is 0 Å². The van der Waals surface area contributed by atoms with Gasteiger partial charge in [-0.2, -0.15) is 0 Å². The molecule has 104 valence electrons. The fourth-order valence-corrected chi connectivity index (χ4v) is 1.74. The molecule has 1 atom stereocenters. The maximum absolute atomic E-state index is 12.1. The lowest BCUT2D eigenvalue weighted by Crippen LogP contribution is -2.45. The second-order valence-electron chi connectivity index (χ2n) is 4.45. The van der Waals surface area contributed by atoms with E-state index in [1.165, 1.54) is 13.2 Å². The number of rotatable bonds is 4. The molecule has 1 rings (SSSR count). The van der Waals surface area contributed by atoms with Gasteiger partial charge in [-0.05, 0) is 24.1 Å². The second-order valence-corrected chi connectivity index (χ2v) is 4.89. The highest BCUT2D eigenvalue weighted by Crippen LogP contribution is 2.18. The van der Waals surface area contributed by atoms with Gasteiger partial charge < -0.3 is 15.8 Å². The van der Waals surface area contributed by atoms with Crippen LogP contribution in [0.3, 0.4) is 0 Å². The highest BCUT2D eigenvalue weighted by Gasteiger charge is 2.26. The zero-order valence-electron chi connectivity index (χ0n) is 11.1. The number of amides is 1. The molecule has 0 spiro atoms. The molecule has 6 heteroatoms. The SMILES string of the molecule is COC(=O)C(NC(=O)c1cc(Cl)ccc1N)C(C)C. The van der Waals surface area contributed by atoms with Gasteiger partial charge in [0.05, 0.1) is 12.7 Å². The van der Waals surface area contributed by atoms with Crippen molar-refractivity contribution in [2.45, 2.75) is 19.9 Å². The summed E-state index contributed by atoms with van der Waals surface area (Å²) in [5.74, 6) is -1.05. The summed E-state index contributed by atoms with van der Waals surface area (Å²) in [5.41, 5.74) is 6.25. The number of methoxy groups -OCH3 is 1. The van der Waals surface area contributed by atoms with Gasteiger partial charge in [-0.1, -0.05) is 25.4 Å². The monoisotopic (exact) mass is 284 g/mol. The van der Waals surface area contributed by atoms with Crippen LogP contribution in [0.5, 0.6) is 0 Å². The molecule has 0 bridgehead atoms. The molecule has 0 aliphatic carbocycles. The second kappa shape index (κ2) is 6.43. The van der Waals surface area contributed by atoms with Crippen LogP contribution in [0.15, 0.2) is 18.2 Å². The highest BCUT2D eigenvalue weighted by atomic mass is 35.5. The van der Waals surface area contributed by atoms with E-state index in [0.29, 0.717) is 10.7 Å². The van der Waals surface area contributed by atoms with Gasteiger partial charge in [0.15, 0.2) is 0 Å². The lowest BCUT2D eigenvalue weighted by atomic mass is 10.0. The van der Waals surface area contributed by atoms with Gasteiger partial charge in [0.25, 0.3) is 5.91 Å². The van der Waals surface area contributed by atoms with Crippen molar-refractivity contribution in [1.29, 1.82) is 0 Å². The summed E-state index contributed by atoms with van der Waals surface area (Å²) in [7, 11) is 1.28. The fourth-order valence-electron chi connectivity index (χ4n) is 1.57. The number of nitrogens with one attached hydrogen (secondary N) is 1. The lowest BCUT2D eigenvalue weighted by molar-refractivity contribution is -0.144. The molecular formula is C13H17ClN2O3. The maximum Gasteiger partial charge on any atom is 0.328 e. The van der Waals surface area contributed by atoms with E-state index in [1.54, 1.807) is 12.1 Å². The molecule has 0 aliphatic rings. The molecular weight excluding hydrogens is 268 g/mol. The predicted molar refractivity (Wildman–Crippen MR) is 74.0 cm³/mol. The van der Waals surface area contributed by atoms with Crippen LogP contribution in [0.4, 0.5) is 5.69 Å². The number of ether oxygens (including phenoxy) is 1. The summed E-state index contributed by atoms with van der Waals surface area (Å²) in [6.07, 6.45) is 0. The summed E-state index contributed by atoms with van der Waals surface area (Å²) in [6.45, 7) is 3.62. The summed E-state index contributed by atoms with van der Waals surface area (Å²) in [4.78, 5) is 23.7. The third-order valence-corrected chi connectivity index (χ3v) is 2.90. The molecule has 1 aromatic rings. The molecule has 0 radical (unpaired) electrons. The molecule has 0 aromatic heterocycles. The molecule has 0 aliphatic heterocycles. The van der Waals surface area contributed by atoms with E-state index >= 15 is 0 Å². The number of hydrogen-bond acceptors (Lipinski definition) is 4. The number of nitrogens with two attached hydrogens (primary N) is 1. The number of carbonyl (C=O) groups is 2. The first-order chi connectivity index (χ1) is 8.86. The Morgan fingerprint density at radius 3 is 2.53 bits per heavy atom. The molecule has 1 unspecified atom stereocenters. The molecule has 3 N–H and O–H groups in total. The van der Waals surface area contributed by atoms with Crippen molar-refractivity contribution in [3.8, 4) is 0 Å². The lowest BCUT2D eigenvalue weighted by Gasteiger charge is -2.20. The number of hydrogen-bond donors (Lipinski definition) is 2. The van der Waals surface area contributed by atoms with E-state index in [4.69, 9.17) is 17.3 Å². The van der Waals surface area contributed by atoms with Crippen molar-refractivity contribution in [2.24, 2.45) is 5.92 Å². The van der Waals surface area contributed by atoms with Crippen LogP contribution >= 0.6 is 11.6 Å². The molecule has 0 saturated carbocycles. The van der Waals surface area contributed by atoms with Gasteiger partial charge in [-0.25, -0.2) is 4.79 Å². The first-order valence-corrected chi connectivity index (χ1v) is 6.18. The molecule has 0 saturated heterocycles. The van der Waals surface area contributed by atoms with Crippen LogP contribution in [0.25, 0.3) is 0 Å². The van der Waals surface area contributed by atoms with Crippen molar-refractivity contribution in [3.63, 3.8) is 0 Å². The number of esters is 1. The first-order valence-electron chi connectivity index (χ1n) is 5.80. The highest BCUT2D eigenvalue weighted by molar-refractivity contribution is 6.31. The number of nitrogen functional groups attached to an aromatic ring is 1. The molecule has 1 aromatic carbocycles. The van der Waals surface area contributed by atoms with Crippen LogP contribution < -0.4 is 11.1 Å². The third-order valence-electron chi connectivity index (χ3n) is 2.67. The Morgan fingerprint density at radius 1 is 1.37 bits per heavy atom. The van der Waals surface area contributed by atoms with Gasteiger partial charge >= 0.3 is 5.97 Å². The Kier molecular flexibility index (Phi) is 5.18. The Morgan fingerprint density at radius 2 is 2.00 bits per heavy atom. The van der Waals surface area contributed by atoms with Crippen molar-refractivity contribution >= 4 is 29.2 Å². The Labute approximate surface area is 117 Å². The minimum atomic E-state index is -0.726. The van der Waals surface area contributed by atoms with Gasteiger partial charge in [-0.15, -0.1) is 0 Å². The normalized spacial score (nSPS) is 12.1. The Bertz CT molecular complexity index is 489. The minimum Gasteiger partial charge on any atom is -0.467 e. The maximum atomic E-state index is 12.1. The standard InChI is InChI=1S/C13H17ClN2O3/c1-7(2)11(13(18)19-3)16-12(17)9-6-8(14)4-5-10(9)15/h4-7,11H,15H2,1-3H3,(H,16,17). The van der Waals surface area contributed by atoms with Crippen molar-refractivity contribution < 1.29 is 14.3 Å².